The number of halogens is 1. The van der Waals surface area contributed by atoms with Gasteiger partial charge in [0.15, 0.2) is 5.82 Å². The van der Waals surface area contributed by atoms with Crippen LogP contribution in [0.4, 0.5) is 4.39 Å². The average molecular weight is 246 g/mol. The van der Waals surface area contributed by atoms with Crippen molar-refractivity contribution in [3.8, 4) is 0 Å². The maximum atomic E-state index is 14.1. The monoisotopic (exact) mass is 246 g/mol. The highest BCUT2D eigenvalue weighted by Gasteiger charge is 2.32. The molecule has 2 nitrogen and oxygen atoms in total. The first-order valence-corrected chi connectivity index (χ1v) is 6.61. The molecule has 0 spiro atoms. The van der Waals surface area contributed by atoms with Crippen molar-refractivity contribution >= 4 is 11.0 Å². The fraction of sp³-hybridized carbons (Fsp3) is 0.533. The molecule has 0 amide bonds. The number of fused-ring (bicyclic) bond motifs is 3. The predicted molar refractivity (Wildman–Crippen MR) is 71.4 cm³/mol. The third-order valence-electron chi connectivity index (χ3n) is 4.04. The third kappa shape index (κ3) is 1.49. The van der Waals surface area contributed by atoms with Crippen LogP contribution in [-0.4, -0.2) is 9.55 Å². The zero-order valence-electron chi connectivity index (χ0n) is 11.4. The van der Waals surface area contributed by atoms with Crippen LogP contribution in [-0.2, 0) is 12.0 Å². The van der Waals surface area contributed by atoms with Gasteiger partial charge >= 0.3 is 0 Å². The summed E-state index contributed by atoms with van der Waals surface area (Å²) < 4.78 is 16.4. The highest BCUT2D eigenvalue weighted by atomic mass is 19.1. The number of hydrogen-bond donors (Lipinski definition) is 0. The van der Waals surface area contributed by atoms with Gasteiger partial charge in [0.05, 0.1) is 5.52 Å². The largest absolute Gasteiger partial charge is 0.322 e. The standard InChI is InChI=1S/C15H19FN2/c1-9(2)10-7-11(16)14-12(8-10)18-13(17-14)5-6-15(18,3)4/h7-9H,5-6H2,1-4H3. The summed E-state index contributed by atoms with van der Waals surface area (Å²) in [6, 6.07) is 3.73. The number of nitrogens with zero attached hydrogens (tertiary/aromatic N) is 2. The second-order valence-electron chi connectivity index (χ2n) is 6.20. The van der Waals surface area contributed by atoms with Crippen molar-refractivity contribution in [2.45, 2.75) is 52.0 Å². The van der Waals surface area contributed by atoms with E-state index in [9.17, 15) is 4.39 Å². The van der Waals surface area contributed by atoms with Crippen molar-refractivity contribution in [2.75, 3.05) is 0 Å². The third-order valence-corrected chi connectivity index (χ3v) is 4.04. The van der Waals surface area contributed by atoms with Crippen LogP contribution in [0.25, 0.3) is 11.0 Å². The topological polar surface area (TPSA) is 17.8 Å². The summed E-state index contributed by atoms with van der Waals surface area (Å²) in [6.45, 7) is 8.58. The zero-order valence-corrected chi connectivity index (χ0v) is 11.4. The molecule has 1 aromatic heterocycles. The van der Waals surface area contributed by atoms with Crippen molar-refractivity contribution in [3.05, 3.63) is 29.3 Å². The summed E-state index contributed by atoms with van der Waals surface area (Å²) in [5.41, 5.74) is 2.58. The van der Waals surface area contributed by atoms with E-state index in [1.807, 2.05) is 0 Å². The zero-order chi connectivity index (χ0) is 13.1. The van der Waals surface area contributed by atoms with E-state index in [1.54, 1.807) is 6.07 Å². The van der Waals surface area contributed by atoms with Gasteiger partial charge in [-0.2, -0.15) is 0 Å². The molecule has 0 unspecified atom stereocenters. The average Bonchev–Trinajstić information content (AvgIpc) is 2.78. The van der Waals surface area contributed by atoms with Gasteiger partial charge in [0, 0.05) is 12.0 Å². The van der Waals surface area contributed by atoms with Crippen molar-refractivity contribution in [1.29, 1.82) is 0 Å². The molecule has 0 radical (unpaired) electrons. The van der Waals surface area contributed by atoms with Crippen molar-refractivity contribution in [1.82, 2.24) is 9.55 Å². The van der Waals surface area contributed by atoms with Crippen molar-refractivity contribution in [2.24, 2.45) is 0 Å². The van der Waals surface area contributed by atoms with Crippen LogP contribution < -0.4 is 0 Å². The van der Waals surface area contributed by atoms with Gasteiger partial charge in [0.25, 0.3) is 0 Å². The normalized spacial score (nSPS) is 17.7. The highest BCUT2D eigenvalue weighted by Crippen LogP contribution is 2.37. The van der Waals surface area contributed by atoms with Gasteiger partial charge in [0.1, 0.15) is 11.3 Å². The van der Waals surface area contributed by atoms with Gasteiger partial charge in [-0.15, -0.1) is 0 Å². The first kappa shape index (κ1) is 11.7. The molecule has 1 aliphatic rings. The smallest absolute Gasteiger partial charge is 0.151 e. The van der Waals surface area contributed by atoms with Gasteiger partial charge in [-0.3, -0.25) is 0 Å². The van der Waals surface area contributed by atoms with E-state index >= 15 is 0 Å². The number of aryl methyl sites for hydroxylation is 1. The molecule has 3 rings (SSSR count). The Morgan fingerprint density at radius 3 is 2.72 bits per heavy atom. The minimum Gasteiger partial charge on any atom is -0.322 e. The van der Waals surface area contributed by atoms with E-state index in [0.29, 0.717) is 11.4 Å². The van der Waals surface area contributed by atoms with Crippen LogP contribution in [0.2, 0.25) is 0 Å². The molecular weight excluding hydrogens is 227 g/mol. The van der Waals surface area contributed by atoms with Gasteiger partial charge in [-0.1, -0.05) is 13.8 Å². The molecule has 0 atom stereocenters. The van der Waals surface area contributed by atoms with Gasteiger partial charge in [-0.05, 0) is 43.9 Å². The summed E-state index contributed by atoms with van der Waals surface area (Å²) in [5, 5.41) is 0. The Hall–Kier alpha value is -1.38. The van der Waals surface area contributed by atoms with E-state index in [2.05, 4.69) is 43.3 Å². The molecule has 18 heavy (non-hydrogen) atoms. The lowest BCUT2D eigenvalue weighted by Crippen LogP contribution is -2.21. The van der Waals surface area contributed by atoms with Crippen LogP contribution >= 0.6 is 0 Å². The molecule has 1 aromatic carbocycles. The quantitative estimate of drug-likeness (QED) is 0.744. The maximum Gasteiger partial charge on any atom is 0.151 e. The molecule has 96 valence electrons. The Balaban J connectivity index is 2.35. The molecule has 0 saturated carbocycles. The molecule has 0 saturated heterocycles. The lowest BCUT2D eigenvalue weighted by atomic mass is 10.00. The number of imidazole rings is 1. The fourth-order valence-corrected chi connectivity index (χ4v) is 2.91. The van der Waals surface area contributed by atoms with Crippen LogP contribution in [0.1, 0.15) is 51.4 Å². The number of rotatable bonds is 1. The van der Waals surface area contributed by atoms with Crippen LogP contribution in [0.5, 0.6) is 0 Å². The Bertz CT molecular complexity index is 623. The Morgan fingerprint density at radius 2 is 2.06 bits per heavy atom. The van der Waals surface area contributed by atoms with Gasteiger partial charge < -0.3 is 4.57 Å². The number of hydrogen-bond acceptors (Lipinski definition) is 1. The highest BCUT2D eigenvalue weighted by molar-refractivity contribution is 5.78. The predicted octanol–water partition coefficient (Wildman–Crippen LogP) is 3.98. The summed E-state index contributed by atoms with van der Waals surface area (Å²) >= 11 is 0. The van der Waals surface area contributed by atoms with Crippen molar-refractivity contribution < 1.29 is 4.39 Å². The second-order valence-corrected chi connectivity index (χ2v) is 6.20. The van der Waals surface area contributed by atoms with E-state index in [-0.39, 0.29) is 11.4 Å². The molecule has 0 bridgehead atoms. The summed E-state index contributed by atoms with van der Waals surface area (Å²) in [4.78, 5) is 4.48. The summed E-state index contributed by atoms with van der Waals surface area (Å²) in [5.74, 6) is 1.17. The van der Waals surface area contributed by atoms with E-state index < -0.39 is 0 Å². The SMILES string of the molecule is CC(C)c1cc(F)c2nc3n(c2c1)C(C)(C)CC3. The summed E-state index contributed by atoms with van der Waals surface area (Å²) in [7, 11) is 0. The Kier molecular flexibility index (Phi) is 2.31. The molecule has 3 heteroatoms. The van der Waals surface area contributed by atoms with E-state index in [4.69, 9.17) is 0 Å². The molecule has 1 aliphatic heterocycles. The van der Waals surface area contributed by atoms with Crippen LogP contribution in [0.15, 0.2) is 12.1 Å². The first-order valence-electron chi connectivity index (χ1n) is 6.61. The molecule has 0 N–H and O–H groups in total. The van der Waals surface area contributed by atoms with Gasteiger partial charge in [0.2, 0.25) is 0 Å². The van der Waals surface area contributed by atoms with E-state index in [0.717, 1.165) is 29.7 Å². The Labute approximate surface area is 107 Å². The number of aromatic nitrogens is 2. The molecule has 0 fully saturated rings. The van der Waals surface area contributed by atoms with Crippen molar-refractivity contribution in [3.63, 3.8) is 0 Å². The lowest BCUT2D eigenvalue weighted by Gasteiger charge is -2.22. The molecule has 2 heterocycles. The minimum absolute atomic E-state index is 0.0477. The fourth-order valence-electron chi connectivity index (χ4n) is 2.91. The number of benzene rings is 1. The second kappa shape index (κ2) is 3.56. The minimum atomic E-state index is -0.186. The Morgan fingerprint density at radius 1 is 1.33 bits per heavy atom. The maximum absolute atomic E-state index is 14.1. The van der Waals surface area contributed by atoms with Gasteiger partial charge in [-0.25, -0.2) is 9.37 Å². The van der Waals surface area contributed by atoms with E-state index in [1.165, 1.54) is 0 Å². The van der Waals surface area contributed by atoms with Crippen LogP contribution in [0.3, 0.4) is 0 Å². The van der Waals surface area contributed by atoms with Crippen LogP contribution in [0, 0.1) is 5.82 Å². The molecular formula is C15H19FN2. The molecule has 2 aromatic rings. The lowest BCUT2D eigenvalue weighted by molar-refractivity contribution is 0.386. The first-order chi connectivity index (χ1) is 8.40. The summed E-state index contributed by atoms with van der Waals surface area (Å²) in [6.07, 6.45) is 2.02. The molecule has 0 aliphatic carbocycles.